The summed E-state index contributed by atoms with van der Waals surface area (Å²) < 4.78 is 5.82. The molecular weight excluding hydrogens is 348 g/mol. The van der Waals surface area contributed by atoms with E-state index in [-0.39, 0.29) is 11.7 Å². The minimum absolute atomic E-state index is 0.0523. The van der Waals surface area contributed by atoms with Gasteiger partial charge in [0.25, 0.3) is 0 Å². The van der Waals surface area contributed by atoms with Crippen molar-refractivity contribution < 1.29 is 9.53 Å². The fourth-order valence-electron chi connectivity index (χ4n) is 3.71. The SMILES string of the molecule is O=C(c1ccc(Oc2ccccc2)cc1)C1CCCN(Cc2ccncc2)C1. The maximum atomic E-state index is 13.0. The molecule has 0 amide bonds. The van der Waals surface area contributed by atoms with Gasteiger partial charge in [0, 0.05) is 37.0 Å². The van der Waals surface area contributed by atoms with E-state index < -0.39 is 0 Å². The molecule has 1 aromatic heterocycles. The van der Waals surface area contributed by atoms with Crippen LogP contribution in [0.1, 0.15) is 28.8 Å². The smallest absolute Gasteiger partial charge is 0.167 e. The second-order valence-electron chi connectivity index (χ2n) is 7.23. The highest BCUT2D eigenvalue weighted by molar-refractivity contribution is 5.98. The lowest BCUT2D eigenvalue weighted by atomic mass is 9.90. The van der Waals surface area contributed by atoms with Crippen LogP contribution in [-0.4, -0.2) is 28.8 Å². The molecule has 1 fully saturated rings. The van der Waals surface area contributed by atoms with E-state index in [1.807, 2.05) is 79.1 Å². The third kappa shape index (κ3) is 4.65. The molecule has 2 aromatic carbocycles. The van der Waals surface area contributed by atoms with Crippen LogP contribution >= 0.6 is 0 Å². The van der Waals surface area contributed by atoms with E-state index in [1.54, 1.807) is 0 Å². The maximum Gasteiger partial charge on any atom is 0.167 e. The molecule has 0 bridgehead atoms. The molecule has 2 heterocycles. The largest absolute Gasteiger partial charge is 0.457 e. The number of piperidine rings is 1. The van der Waals surface area contributed by atoms with Crippen molar-refractivity contribution in [2.24, 2.45) is 5.92 Å². The zero-order valence-electron chi connectivity index (χ0n) is 15.8. The van der Waals surface area contributed by atoms with Crippen molar-refractivity contribution in [1.29, 1.82) is 0 Å². The van der Waals surface area contributed by atoms with E-state index in [1.165, 1.54) is 5.56 Å². The van der Waals surface area contributed by atoms with Gasteiger partial charge in [0.15, 0.2) is 5.78 Å². The molecular formula is C24H24N2O2. The Morgan fingerprint density at radius 1 is 0.964 bits per heavy atom. The predicted octanol–water partition coefficient (Wildman–Crippen LogP) is 4.97. The minimum atomic E-state index is 0.0523. The van der Waals surface area contributed by atoms with Crippen LogP contribution < -0.4 is 4.74 Å². The van der Waals surface area contributed by atoms with E-state index in [9.17, 15) is 4.79 Å². The van der Waals surface area contributed by atoms with Crippen LogP contribution in [0.3, 0.4) is 0 Å². The molecule has 3 aromatic rings. The number of carbonyl (C=O) groups excluding carboxylic acids is 1. The quantitative estimate of drug-likeness (QED) is 0.573. The molecule has 4 nitrogen and oxygen atoms in total. The summed E-state index contributed by atoms with van der Waals surface area (Å²) in [5.41, 5.74) is 2.00. The first-order valence-electron chi connectivity index (χ1n) is 9.76. The van der Waals surface area contributed by atoms with Crippen LogP contribution in [0.25, 0.3) is 0 Å². The number of Topliss-reactive ketones (excluding diaryl/α,β-unsaturated/α-hetero) is 1. The van der Waals surface area contributed by atoms with Crippen molar-refractivity contribution in [3.05, 3.63) is 90.3 Å². The average molecular weight is 372 g/mol. The van der Waals surface area contributed by atoms with Gasteiger partial charge < -0.3 is 4.74 Å². The fourth-order valence-corrected chi connectivity index (χ4v) is 3.71. The molecule has 4 rings (SSSR count). The Balaban J connectivity index is 1.38. The zero-order valence-corrected chi connectivity index (χ0v) is 15.8. The lowest BCUT2D eigenvalue weighted by Gasteiger charge is -2.32. The number of pyridine rings is 1. The Kier molecular flexibility index (Phi) is 5.78. The summed E-state index contributed by atoms with van der Waals surface area (Å²) in [5.74, 6) is 1.81. The second-order valence-corrected chi connectivity index (χ2v) is 7.23. The lowest BCUT2D eigenvalue weighted by Crippen LogP contribution is -2.38. The Morgan fingerprint density at radius 2 is 1.68 bits per heavy atom. The van der Waals surface area contributed by atoms with Crippen LogP contribution in [0.15, 0.2) is 79.1 Å². The van der Waals surface area contributed by atoms with Gasteiger partial charge in [0.05, 0.1) is 0 Å². The molecule has 0 spiro atoms. The number of aromatic nitrogens is 1. The lowest BCUT2D eigenvalue weighted by molar-refractivity contribution is 0.0811. The number of benzene rings is 2. The zero-order chi connectivity index (χ0) is 19.2. The van der Waals surface area contributed by atoms with Gasteiger partial charge >= 0.3 is 0 Å². The molecule has 28 heavy (non-hydrogen) atoms. The second kappa shape index (κ2) is 8.81. The van der Waals surface area contributed by atoms with Crippen LogP contribution in [0.2, 0.25) is 0 Å². The normalized spacial score (nSPS) is 17.2. The van der Waals surface area contributed by atoms with Crippen LogP contribution in [0.5, 0.6) is 11.5 Å². The van der Waals surface area contributed by atoms with E-state index in [0.717, 1.165) is 49.5 Å². The molecule has 0 N–H and O–H groups in total. The van der Waals surface area contributed by atoms with Crippen molar-refractivity contribution in [2.75, 3.05) is 13.1 Å². The van der Waals surface area contributed by atoms with Crippen molar-refractivity contribution in [3.63, 3.8) is 0 Å². The Morgan fingerprint density at radius 3 is 2.43 bits per heavy atom. The van der Waals surface area contributed by atoms with E-state index >= 15 is 0 Å². The molecule has 0 radical (unpaired) electrons. The molecule has 1 aliphatic heterocycles. The summed E-state index contributed by atoms with van der Waals surface area (Å²) in [7, 11) is 0. The Bertz CT molecular complexity index is 895. The molecule has 142 valence electrons. The van der Waals surface area contributed by atoms with Crippen LogP contribution in [0.4, 0.5) is 0 Å². The van der Waals surface area contributed by atoms with Crippen LogP contribution in [-0.2, 0) is 6.54 Å². The van der Waals surface area contributed by atoms with Crippen molar-refractivity contribution in [2.45, 2.75) is 19.4 Å². The number of ether oxygens (including phenoxy) is 1. The summed E-state index contributed by atoms with van der Waals surface area (Å²) in [6.07, 6.45) is 5.65. The van der Waals surface area contributed by atoms with Gasteiger partial charge in [0.1, 0.15) is 11.5 Å². The highest BCUT2D eigenvalue weighted by Gasteiger charge is 2.26. The predicted molar refractivity (Wildman–Crippen MR) is 110 cm³/mol. The Labute approximate surface area is 165 Å². The number of hydrogen-bond acceptors (Lipinski definition) is 4. The third-order valence-electron chi connectivity index (χ3n) is 5.15. The first-order chi connectivity index (χ1) is 13.8. The number of likely N-dealkylation sites (tertiary alicyclic amines) is 1. The number of para-hydroxylation sites is 1. The van der Waals surface area contributed by atoms with E-state index in [2.05, 4.69) is 9.88 Å². The first kappa shape index (κ1) is 18.4. The van der Waals surface area contributed by atoms with E-state index in [0.29, 0.717) is 0 Å². The summed E-state index contributed by atoms with van der Waals surface area (Å²) in [6, 6.07) is 21.2. The molecule has 1 aliphatic rings. The summed E-state index contributed by atoms with van der Waals surface area (Å²) in [6.45, 7) is 2.72. The highest BCUT2D eigenvalue weighted by Crippen LogP contribution is 2.25. The third-order valence-corrected chi connectivity index (χ3v) is 5.15. The number of carbonyl (C=O) groups is 1. The van der Waals surface area contributed by atoms with Gasteiger partial charge in [-0.1, -0.05) is 18.2 Å². The number of rotatable bonds is 6. The maximum absolute atomic E-state index is 13.0. The molecule has 0 aliphatic carbocycles. The average Bonchev–Trinajstić information content (AvgIpc) is 2.75. The summed E-state index contributed by atoms with van der Waals surface area (Å²) >= 11 is 0. The Hall–Kier alpha value is -2.98. The van der Waals surface area contributed by atoms with Gasteiger partial charge in [-0.25, -0.2) is 0 Å². The topological polar surface area (TPSA) is 42.4 Å². The fraction of sp³-hybridized carbons (Fsp3) is 0.250. The van der Waals surface area contributed by atoms with Crippen molar-refractivity contribution in [3.8, 4) is 11.5 Å². The van der Waals surface area contributed by atoms with Gasteiger partial charge in [-0.2, -0.15) is 0 Å². The van der Waals surface area contributed by atoms with Crippen molar-refractivity contribution in [1.82, 2.24) is 9.88 Å². The van der Waals surface area contributed by atoms with Crippen LogP contribution in [0, 0.1) is 5.92 Å². The first-order valence-corrected chi connectivity index (χ1v) is 9.76. The number of ketones is 1. The monoisotopic (exact) mass is 372 g/mol. The van der Waals surface area contributed by atoms with Gasteiger partial charge in [0.2, 0.25) is 0 Å². The minimum Gasteiger partial charge on any atom is -0.457 e. The summed E-state index contributed by atoms with van der Waals surface area (Å²) in [5, 5.41) is 0. The standard InChI is InChI=1S/C24H24N2O2/c27-24(20-8-10-23(11-9-20)28-22-6-2-1-3-7-22)21-5-4-16-26(18-21)17-19-12-14-25-15-13-19/h1-3,6-15,21H,4-5,16-18H2. The molecule has 1 atom stereocenters. The van der Waals surface area contributed by atoms with E-state index in [4.69, 9.17) is 4.74 Å². The van der Waals surface area contributed by atoms with Gasteiger partial charge in [-0.3, -0.25) is 14.7 Å². The summed E-state index contributed by atoms with van der Waals surface area (Å²) in [4.78, 5) is 19.4. The highest BCUT2D eigenvalue weighted by atomic mass is 16.5. The molecule has 1 unspecified atom stereocenters. The van der Waals surface area contributed by atoms with Crippen molar-refractivity contribution >= 4 is 5.78 Å². The molecule has 0 saturated carbocycles. The van der Waals surface area contributed by atoms with Gasteiger partial charge in [-0.05, 0) is 73.5 Å². The number of hydrogen-bond donors (Lipinski definition) is 0. The van der Waals surface area contributed by atoms with Gasteiger partial charge in [-0.15, -0.1) is 0 Å². The molecule has 1 saturated heterocycles. The molecule has 4 heteroatoms. The number of nitrogens with zero attached hydrogens (tertiary/aromatic N) is 2.